The van der Waals surface area contributed by atoms with Crippen molar-refractivity contribution in [1.29, 1.82) is 0 Å². The first kappa shape index (κ1) is 16.9. The van der Waals surface area contributed by atoms with Gasteiger partial charge in [0.15, 0.2) is 0 Å². The quantitative estimate of drug-likeness (QED) is 0.772. The van der Waals surface area contributed by atoms with E-state index in [4.69, 9.17) is 0 Å². The van der Waals surface area contributed by atoms with Crippen LogP contribution in [0.1, 0.15) is 11.1 Å². The highest BCUT2D eigenvalue weighted by Gasteiger charge is 2.31. The van der Waals surface area contributed by atoms with Crippen molar-refractivity contribution in [3.63, 3.8) is 0 Å². The molecule has 0 saturated carbocycles. The first-order chi connectivity index (χ1) is 12.8. The average Bonchev–Trinajstić information content (AvgIpc) is 3.03. The molecule has 4 heteroatoms. The number of hydrogen-bond acceptors (Lipinski definition) is 4. The second-order valence-corrected chi connectivity index (χ2v) is 6.99. The first-order valence-electron chi connectivity index (χ1n) is 9.07. The van der Waals surface area contributed by atoms with Crippen molar-refractivity contribution in [2.75, 3.05) is 13.1 Å². The monoisotopic (exact) mass is 345 g/mol. The molecule has 4 nitrogen and oxygen atoms in total. The number of β-amino-alcohol motifs (C(OH)–C–C–N with tert-alkyl or cyclic N) is 1. The minimum absolute atomic E-state index is 0.268. The molecule has 0 aliphatic carbocycles. The zero-order valence-corrected chi connectivity index (χ0v) is 14.7. The average molecular weight is 345 g/mol. The number of aliphatic hydroxyl groups excluding tert-OH is 1. The lowest BCUT2D eigenvalue weighted by Crippen LogP contribution is -2.21. The van der Waals surface area contributed by atoms with Crippen molar-refractivity contribution in [2.24, 2.45) is 5.92 Å². The molecule has 26 heavy (non-hydrogen) atoms. The lowest BCUT2D eigenvalue weighted by molar-refractivity contribution is 0.141. The van der Waals surface area contributed by atoms with Crippen LogP contribution in [0.4, 0.5) is 0 Å². The second kappa shape index (κ2) is 7.77. The Bertz CT molecular complexity index is 821. The summed E-state index contributed by atoms with van der Waals surface area (Å²) in [7, 11) is 0. The van der Waals surface area contributed by atoms with Gasteiger partial charge in [0, 0.05) is 49.7 Å². The molecule has 3 aromatic rings. The molecule has 132 valence electrons. The van der Waals surface area contributed by atoms with Crippen molar-refractivity contribution >= 4 is 0 Å². The zero-order chi connectivity index (χ0) is 17.8. The van der Waals surface area contributed by atoms with Crippen molar-refractivity contribution in [3.05, 3.63) is 84.3 Å². The first-order valence-corrected chi connectivity index (χ1v) is 9.07. The lowest BCUT2D eigenvalue weighted by atomic mass is 9.97. The molecule has 2 aromatic heterocycles. The molecule has 1 saturated heterocycles. The summed E-state index contributed by atoms with van der Waals surface area (Å²) in [5, 5.41) is 10.4. The van der Waals surface area contributed by atoms with E-state index in [-0.39, 0.29) is 12.0 Å². The second-order valence-electron chi connectivity index (χ2n) is 6.99. The van der Waals surface area contributed by atoms with Gasteiger partial charge in [0.2, 0.25) is 0 Å². The van der Waals surface area contributed by atoms with Crippen LogP contribution >= 0.6 is 0 Å². The van der Waals surface area contributed by atoms with Gasteiger partial charge < -0.3 is 5.11 Å². The third-order valence-electron chi connectivity index (χ3n) is 5.05. The molecule has 3 heterocycles. The summed E-state index contributed by atoms with van der Waals surface area (Å²) < 4.78 is 0. The molecular formula is C22H23N3O. The van der Waals surface area contributed by atoms with E-state index in [0.29, 0.717) is 0 Å². The van der Waals surface area contributed by atoms with Crippen LogP contribution in [0, 0.1) is 5.92 Å². The van der Waals surface area contributed by atoms with Gasteiger partial charge >= 0.3 is 0 Å². The van der Waals surface area contributed by atoms with Gasteiger partial charge in [-0.3, -0.25) is 14.9 Å². The summed E-state index contributed by atoms with van der Waals surface area (Å²) in [5.41, 5.74) is 4.63. The molecular weight excluding hydrogens is 322 g/mol. The van der Waals surface area contributed by atoms with E-state index in [1.165, 1.54) is 11.1 Å². The molecule has 0 spiro atoms. The molecule has 0 bridgehead atoms. The van der Waals surface area contributed by atoms with Crippen LogP contribution in [0.25, 0.3) is 11.3 Å². The standard InChI is InChI=1S/C22H23N3O/c26-22-16-25(15-20(22)13-17-8-11-23-12-9-17)14-18-4-6-19(7-5-18)21-3-1-2-10-24-21/h1-12,20,22,26H,13-16H2/t20-,22+/m1/s1. The fourth-order valence-corrected chi connectivity index (χ4v) is 3.67. The van der Waals surface area contributed by atoms with Gasteiger partial charge in [0.1, 0.15) is 0 Å². The summed E-state index contributed by atoms with van der Waals surface area (Å²) in [6.07, 6.45) is 6.09. The van der Waals surface area contributed by atoms with Crippen molar-refractivity contribution in [3.8, 4) is 11.3 Å². The third kappa shape index (κ3) is 3.98. The van der Waals surface area contributed by atoms with Crippen LogP contribution in [0.3, 0.4) is 0 Å². The Labute approximate surface area is 154 Å². The molecule has 4 rings (SSSR count). The Morgan fingerprint density at radius 1 is 0.885 bits per heavy atom. The summed E-state index contributed by atoms with van der Waals surface area (Å²) in [6.45, 7) is 2.52. The Balaban J connectivity index is 1.37. The number of likely N-dealkylation sites (tertiary alicyclic amines) is 1. The van der Waals surface area contributed by atoms with E-state index >= 15 is 0 Å². The summed E-state index contributed by atoms with van der Waals surface area (Å²) >= 11 is 0. The van der Waals surface area contributed by atoms with Crippen molar-refractivity contribution in [1.82, 2.24) is 14.9 Å². The van der Waals surface area contributed by atoms with Gasteiger partial charge in [-0.05, 0) is 41.8 Å². The Kier molecular flexibility index (Phi) is 5.04. The maximum atomic E-state index is 10.4. The van der Waals surface area contributed by atoms with Crippen LogP contribution < -0.4 is 0 Å². The molecule has 1 fully saturated rings. The number of nitrogens with zero attached hydrogens (tertiary/aromatic N) is 3. The van der Waals surface area contributed by atoms with E-state index in [1.54, 1.807) is 0 Å². The highest BCUT2D eigenvalue weighted by Crippen LogP contribution is 2.24. The van der Waals surface area contributed by atoms with Gasteiger partial charge in [0.05, 0.1) is 11.8 Å². The summed E-state index contributed by atoms with van der Waals surface area (Å²) in [4.78, 5) is 10.8. The summed E-state index contributed by atoms with van der Waals surface area (Å²) in [5.74, 6) is 0.283. The van der Waals surface area contributed by atoms with E-state index < -0.39 is 0 Å². The Hall–Kier alpha value is -2.56. The SMILES string of the molecule is O[C@H]1CN(Cc2ccc(-c3ccccn3)cc2)C[C@H]1Cc1ccncc1. The Morgan fingerprint density at radius 3 is 2.42 bits per heavy atom. The molecule has 1 aliphatic rings. The highest BCUT2D eigenvalue weighted by atomic mass is 16.3. The molecule has 2 atom stereocenters. The van der Waals surface area contributed by atoms with Gasteiger partial charge in [-0.25, -0.2) is 0 Å². The normalized spacial score (nSPS) is 20.3. The van der Waals surface area contributed by atoms with Crippen molar-refractivity contribution < 1.29 is 5.11 Å². The van der Waals surface area contributed by atoms with Gasteiger partial charge in [-0.2, -0.15) is 0 Å². The van der Waals surface area contributed by atoms with E-state index in [1.807, 2.05) is 48.9 Å². The number of hydrogen-bond donors (Lipinski definition) is 1. The number of rotatable bonds is 5. The number of pyridine rings is 2. The topological polar surface area (TPSA) is 49.2 Å². The van der Waals surface area contributed by atoms with Crippen LogP contribution in [-0.4, -0.2) is 39.2 Å². The summed E-state index contributed by atoms with van der Waals surface area (Å²) in [6, 6.07) is 18.6. The van der Waals surface area contributed by atoms with Gasteiger partial charge in [-0.1, -0.05) is 30.3 Å². The number of aliphatic hydroxyl groups is 1. The van der Waals surface area contributed by atoms with Crippen LogP contribution in [0.2, 0.25) is 0 Å². The maximum Gasteiger partial charge on any atom is 0.0710 e. The van der Waals surface area contributed by atoms with Crippen LogP contribution in [0.5, 0.6) is 0 Å². The fourth-order valence-electron chi connectivity index (χ4n) is 3.67. The predicted molar refractivity (Wildman–Crippen MR) is 102 cm³/mol. The molecule has 0 radical (unpaired) electrons. The van der Waals surface area contributed by atoms with E-state index in [0.717, 1.165) is 37.3 Å². The minimum atomic E-state index is -0.268. The van der Waals surface area contributed by atoms with Crippen LogP contribution in [0.15, 0.2) is 73.2 Å². The number of aromatic nitrogens is 2. The molecule has 0 amide bonds. The van der Waals surface area contributed by atoms with E-state index in [2.05, 4.69) is 39.1 Å². The van der Waals surface area contributed by atoms with Crippen LogP contribution in [-0.2, 0) is 13.0 Å². The molecule has 1 aliphatic heterocycles. The van der Waals surface area contributed by atoms with Gasteiger partial charge in [0.25, 0.3) is 0 Å². The molecule has 1 aromatic carbocycles. The fraction of sp³-hybridized carbons (Fsp3) is 0.273. The maximum absolute atomic E-state index is 10.4. The van der Waals surface area contributed by atoms with Crippen molar-refractivity contribution in [2.45, 2.75) is 19.1 Å². The highest BCUT2D eigenvalue weighted by molar-refractivity contribution is 5.58. The molecule has 0 unspecified atom stereocenters. The number of benzene rings is 1. The zero-order valence-electron chi connectivity index (χ0n) is 14.7. The Morgan fingerprint density at radius 2 is 1.69 bits per heavy atom. The lowest BCUT2D eigenvalue weighted by Gasteiger charge is -2.16. The van der Waals surface area contributed by atoms with E-state index in [9.17, 15) is 5.11 Å². The largest absolute Gasteiger partial charge is 0.391 e. The third-order valence-corrected chi connectivity index (χ3v) is 5.05. The molecule has 1 N–H and O–H groups in total. The van der Waals surface area contributed by atoms with Gasteiger partial charge in [-0.15, -0.1) is 0 Å². The minimum Gasteiger partial charge on any atom is -0.391 e. The smallest absolute Gasteiger partial charge is 0.0710 e. The predicted octanol–water partition coefficient (Wildman–Crippen LogP) is 3.18.